The van der Waals surface area contributed by atoms with Crippen molar-refractivity contribution in [3.8, 4) is 0 Å². The molecule has 0 aromatic heterocycles. The summed E-state index contributed by atoms with van der Waals surface area (Å²) in [5, 5.41) is 10.9. The number of nitrogens with zero attached hydrogens (tertiary/aromatic N) is 1. The minimum Gasteiger partial charge on any atom is -0.280 e. The molecule has 0 unspecified atom stereocenters. The van der Waals surface area contributed by atoms with Gasteiger partial charge >= 0.3 is 0 Å². The lowest BCUT2D eigenvalue weighted by Gasteiger charge is -2.09. The summed E-state index contributed by atoms with van der Waals surface area (Å²) < 4.78 is 27.0. The summed E-state index contributed by atoms with van der Waals surface area (Å²) in [5.41, 5.74) is 1.70. The number of hydrogen-bond donors (Lipinski definition) is 1. The van der Waals surface area contributed by atoms with Crippen molar-refractivity contribution in [2.45, 2.75) is 25.2 Å². The van der Waals surface area contributed by atoms with Crippen LogP contribution in [0.15, 0.2) is 47.4 Å². The van der Waals surface area contributed by atoms with Gasteiger partial charge in [0.2, 0.25) is 0 Å². The molecule has 22 heavy (non-hydrogen) atoms. The Kier molecular flexibility index (Phi) is 4.46. The van der Waals surface area contributed by atoms with Crippen LogP contribution in [0.5, 0.6) is 0 Å². The summed E-state index contributed by atoms with van der Waals surface area (Å²) in [4.78, 5) is 10.2. The van der Waals surface area contributed by atoms with Gasteiger partial charge in [-0.25, -0.2) is 8.42 Å². The summed E-state index contributed by atoms with van der Waals surface area (Å²) >= 11 is 0. The predicted molar refractivity (Wildman–Crippen MR) is 84.5 cm³/mol. The van der Waals surface area contributed by atoms with Crippen molar-refractivity contribution in [3.63, 3.8) is 0 Å². The highest BCUT2D eigenvalue weighted by atomic mass is 32.2. The van der Waals surface area contributed by atoms with Crippen LogP contribution in [0, 0.1) is 17.0 Å². The van der Waals surface area contributed by atoms with Gasteiger partial charge in [0.15, 0.2) is 0 Å². The SMILES string of the molecule is CCc1ccc(NS(=O)(=O)c2ccc(C)c([N+](=O)[O-])c2)cc1. The third kappa shape index (κ3) is 3.43. The molecule has 0 radical (unpaired) electrons. The average Bonchev–Trinajstić information content (AvgIpc) is 2.47. The molecule has 6 nitrogen and oxygen atoms in total. The molecule has 0 saturated carbocycles. The molecule has 2 aromatic carbocycles. The second-order valence-electron chi connectivity index (χ2n) is 4.86. The van der Waals surface area contributed by atoms with Crippen LogP contribution in [0.4, 0.5) is 11.4 Å². The Morgan fingerprint density at radius 2 is 1.77 bits per heavy atom. The van der Waals surface area contributed by atoms with Gasteiger partial charge in [-0.1, -0.05) is 25.1 Å². The number of hydrogen-bond acceptors (Lipinski definition) is 4. The van der Waals surface area contributed by atoms with E-state index in [1.165, 1.54) is 12.1 Å². The summed E-state index contributed by atoms with van der Waals surface area (Å²) in [6.45, 7) is 3.57. The van der Waals surface area contributed by atoms with Crippen LogP contribution in [0.25, 0.3) is 0 Å². The van der Waals surface area contributed by atoms with E-state index >= 15 is 0 Å². The van der Waals surface area contributed by atoms with Crippen molar-refractivity contribution in [3.05, 3.63) is 63.7 Å². The maximum absolute atomic E-state index is 12.3. The highest BCUT2D eigenvalue weighted by Crippen LogP contribution is 2.24. The normalized spacial score (nSPS) is 11.2. The first kappa shape index (κ1) is 16.0. The molecule has 0 bridgehead atoms. The van der Waals surface area contributed by atoms with Crippen molar-refractivity contribution in [1.29, 1.82) is 0 Å². The minimum atomic E-state index is -3.86. The van der Waals surface area contributed by atoms with E-state index in [1.807, 2.05) is 19.1 Å². The first-order valence-electron chi connectivity index (χ1n) is 6.70. The summed E-state index contributed by atoms with van der Waals surface area (Å²) in [7, 11) is -3.86. The number of aryl methyl sites for hydroxylation is 2. The van der Waals surface area contributed by atoms with Crippen LogP contribution in [-0.4, -0.2) is 13.3 Å². The quantitative estimate of drug-likeness (QED) is 0.676. The molecular formula is C15H16N2O4S. The highest BCUT2D eigenvalue weighted by Gasteiger charge is 2.19. The van der Waals surface area contributed by atoms with Gasteiger partial charge < -0.3 is 0 Å². The Hall–Kier alpha value is -2.41. The van der Waals surface area contributed by atoms with Crippen molar-refractivity contribution in [2.75, 3.05) is 4.72 Å². The van der Waals surface area contributed by atoms with E-state index in [9.17, 15) is 18.5 Å². The first-order chi connectivity index (χ1) is 10.3. The Labute approximate surface area is 129 Å². The van der Waals surface area contributed by atoms with E-state index in [-0.39, 0.29) is 10.6 Å². The molecule has 2 rings (SSSR count). The number of nitro groups is 1. The van der Waals surface area contributed by atoms with Crippen LogP contribution in [0.3, 0.4) is 0 Å². The topological polar surface area (TPSA) is 89.3 Å². The predicted octanol–water partition coefficient (Wildman–Crippen LogP) is 3.27. The van der Waals surface area contributed by atoms with E-state index < -0.39 is 14.9 Å². The van der Waals surface area contributed by atoms with Gasteiger partial charge in [0.25, 0.3) is 15.7 Å². The van der Waals surface area contributed by atoms with E-state index in [4.69, 9.17) is 0 Å². The van der Waals surface area contributed by atoms with Gasteiger partial charge in [0, 0.05) is 17.3 Å². The van der Waals surface area contributed by atoms with Crippen molar-refractivity contribution < 1.29 is 13.3 Å². The molecule has 1 N–H and O–H groups in total. The monoisotopic (exact) mass is 320 g/mol. The van der Waals surface area contributed by atoms with Crippen LogP contribution in [0.1, 0.15) is 18.1 Å². The second-order valence-corrected chi connectivity index (χ2v) is 6.54. The summed E-state index contributed by atoms with van der Waals surface area (Å²) in [6.07, 6.45) is 0.858. The zero-order valence-electron chi connectivity index (χ0n) is 12.2. The molecule has 7 heteroatoms. The number of nitrogens with one attached hydrogen (secondary N) is 1. The fourth-order valence-corrected chi connectivity index (χ4v) is 3.05. The van der Waals surface area contributed by atoms with E-state index in [2.05, 4.69) is 4.72 Å². The van der Waals surface area contributed by atoms with Gasteiger partial charge in [-0.3, -0.25) is 14.8 Å². The summed E-state index contributed by atoms with van der Waals surface area (Å²) in [6, 6.07) is 10.8. The number of rotatable bonds is 5. The number of nitro benzene ring substituents is 1. The smallest absolute Gasteiger partial charge is 0.273 e. The summed E-state index contributed by atoms with van der Waals surface area (Å²) in [5.74, 6) is 0. The van der Waals surface area contributed by atoms with Crippen LogP contribution in [0.2, 0.25) is 0 Å². The molecule has 0 aliphatic carbocycles. The van der Waals surface area contributed by atoms with Gasteiger partial charge in [-0.15, -0.1) is 0 Å². The Morgan fingerprint density at radius 1 is 1.14 bits per heavy atom. The molecular weight excluding hydrogens is 304 g/mol. The van der Waals surface area contributed by atoms with Crippen molar-refractivity contribution >= 4 is 21.4 Å². The molecule has 116 valence electrons. The molecule has 0 amide bonds. The fraction of sp³-hybridized carbons (Fsp3) is 0.200. The third-order valence-corrected chi connectivity index (χ3v) is 4.68. The molecule has 0 saturated heterocycles. The lowest BCUT2D eigenvalue weighted by Crippen LogP contribution is -2.13. The molecule has 0 aliphatic rings. The average molecular weight is 320 g/mol. The minimum absolute atomic E-state index is 0.135. The molecule has 2 aromatic rings. The number of benzene rings is 2. The maximum atomic E-state index is 12.3. The first-order valence-corrected chi connectivity index (χ1v) is 8.18. The Morgan fingerprint density at radius 3 is 2.32 bits per heavy atom. The van der Waals surface area contributed by atoms with Crippen LogP contribution < -0.4 is 4.72 Å². The zero-order chi connectivity index (χ0) is 16.3. The lowest BCUT2D eigenvalue weighted by atomic mass is 10.2. The maximum Gasteiger partial charge on any atom is 0.273 e. The number of sulfonamides is 1. The zero-order valence-corrected chi connectivity index (χ0v) is 13.1. The van der Waals surface area contributed by atoms with Crippen LogP contribution in [-0.2, 0) is 16.4 Å². The van der Waals surface area contributed by atoms with E-state index in [1.54, 1.807) is 19.1 Å². The molecule has 0 fully saturated rings. The third-order valence-electron chi connectivity index (χ3n) is 3.30. The Balaban J connectivity index is 2.33. The van der Waals surface area contributed by atoms with Gasteiger partial charge in [0.1, 0.15) is 0 Å². The molecule has 0 spiro atoms. The second kappa shape index (κ2) is 6.15. The molecule has 0 atom stereocenters. The van der Waals surface area contributed by atoms with E-state index in [0.29, 0.717) is 11.3 Å². The Bertz CT molecular complexity index is 799. The molecule has 0 heterocycles. The highest BCUT2D eigenvalue weighted by molar-refractivity contribution is 7.92. The van der Waals surface area contributed by atoms with Gasteiger partial charge in [0.05, 0.1) is 9.82 Å². The van der Waals surface area contributed by atoms with Gasteiger partial charge in [-0.05, 0) is 37.1 Å². The van der Waals surface area contributed by atoms with Crippen molar-refractivity contribution in [1.82, 2.24) is 0 Å². The van der Waals surface area contributed by atoms with Gasteiger partial charge in [-0.2, -0.15) is 0 Å². The van der Waals surface area contributed by atoms with E-state index in [0.717, 1.165) is 18.1 Å². The molecule has 0 aliphatic heterocycles. The standard InChI is InChI=1S/C15H16N2O4S/c1-3-12-5-7-13(8-6-12)16-22(20,21)14-9-4-11(2)15(10-14)17(18)19/h4-10,16H,3H2,1-2H3. The lowest BCUT2D eigenvalue weighted by molar-refractivity contribution is -0.385. The van der Waals surface area contributed by atoms with Crippen molar-refractivity contribution in [2.24, 2.45) is 0 Å². The fourth-order valence-electron chi connectivity index (χ4n) is 1.98. The largest absolute Gasteiger partial charge is 0.280 e. The number of anilines is 1. The van der Waals surface area contributed by atoms with Crippen LogP contribution >= 0.6 is 0 Å².